The summed E-state index contributed by atoms with van der Waals surface area (Å²) in [6.45, 7) is 4.89. The first-order valence-electron chi connectivity index (χ1n) is 6.58. The second-order valence-electron chi connectivity index (χ2n) is 4.89. The summed E-state index contributed by atoms with van der Waals surface area (Å²) in [5.74, 6) is 0. The molecule has 3 nitrogen and oxygen atoms in total. The molecular weight excluding hydrogens is 314 g/mol. The van der Waals surface area contributed by atoms with Gasteiger partial charge in [-0.3, -0.25) is 0 Å². The molecule has 102 valence electrons. The minimum Gasteiger partial charge on any atom is -0.379 e. The maximum Gasteiger partial charge on any atom is 0.137 e. The molecule has 0 aliphatic carbocycles. The molecule has 3 rings (SSSR count). The van der Waals surface area contributed by atoms with Gasteiger partial charge in [0.1, 0.15) is 5.65 Å². The van der Waals surface area contributed by atoms with E-state index in [1.54, 1.807) is 0 Å². The summed E-state index contributed by atoms with van der Waals surface area (Å²) < 4.78 is 3.25. The van der Waals surface area contributed by atoms with Gasteiger partial charge < -0.3 is 9.72 Å². The standard InChI is InChI=1S/C16H16BrN3/c1-11-6-7-13(9-14(11)17)18-10-15-12(2)19-16-5-3-4-8-20(15)16/h3-9,18H,10H2,1-2H3. The summed E-state index contributed by atoms with van der Waals surface area (Å²) in [7, 11) is 0. The van der Waals surface area contributed by atoms with Crippen molar-refractivity contribution in [3.8, 4) is 0 Å². The van der Waals surface area contributed by atoms with Gasteiger partial charge in [-0.05, 0) is 43.7 Å². The third kappa shape index (κ3) is 2.43. The van der Waals surface area contributed by atoms with Gasteiger partial charge in [0, 0.05) is 16.4 Å². The summed E-state index contributed by atoms with van der Waals surface area (Å²) in [6, 6.07) is 12.4. The lowest BCUT2D eigenvalue weighted by atomic mass is 10.2. The number of aromatic nitrogens is 2. The number of fused-ring (bicyclic) bond motifs is 1. The maximum absolute atomic E-state index is 4.57. The molecule has 0 aliphatic heterocycles. The molecular formula is C16H16BrN3. The quantitative estimate of drug-likeness (QED) is 0.775. The van der Waals surface area contributed by atoms with Crippen molar-refractivity contribution >= 4 is 27.3 Å². The Hall–Kier alpha value is -1.81. The van der Waals surface area contributed by atoms with Crippen LogP contribution in [0.25, 0.3) is 5.65 Å². The zero-order valence-electron chi connectivity index (χ0n) is 11.5. The lowest BCUT2D eigenvalue weighted by Gasteiger charge is -2.09. The summed E-state index contributed by atoms with van der Waals surface area (Å²) in [4.78, 5) is 4.57. The monoisotopic (exact) mass is 329 g/mol. The summed E-state index contributed by atoms with van der Waals surface area (Å²) in [5, 5.41) is 3.46. The first-order chi connectivity index (χ1) is 9.65. The molecule has 1 N–H and O–H groups in total. The third-order valence-electron chi connectivity index (χ3n) is 3.46. The molecule has 2 heterocycles. The molecule has 4 heteroatoms. The molecule has 0 aliphatic rings. The highest BCUT2D eigenvalue weighted by atomic mass is 79.9. The number of halogens is 1. The Labute approximate surface area is 126 Å². The topological polar surface area (TPSA) is 29.3 Å². The Morgan fingerprint density at radius 1 is 1.20 bits per heavy atom. The predicted molar refractivity (Wildman–Crippen MR) is 86.1 cm³/mol. The summed E-state index contributed by atoms with van der Waals surface area (Å²) in [6.07, 6.45) is 2.05. The number of rotatable bonds is 3. The fraction of sp³-hybridized carbons (Fsp3) is 0.188. The van der Waals surface area contributed by atoms with Crippen LogP contribution in [0.2, 0.25) is 0 Å². The molecule has 1 aromatic carbocycles. The molecule has 0 unspecified atom stereocenters. The van der Waals surface area contributed by atoms with Crippen LogP contribution in [0.1, 0.15) is 17.0 Å². The highest BCUT2D eigenvalue weighted by Crippen LogP contribution is 2.21. The Morgan fingerprint density at radius 2 is 2.05 bits per heavy atom. The summed E-state index contributed by atoms with van der Waals surface area (Å²) >= 11 is 3.56. The Balaban J connectivity index is 1.86. The number of nitrogens with one attached hydrogen (secondary N) is 1. The van der Waals surface area contributed by atoms with E-state index in [0.717, 1.165) is 28.0 Å². The summed E-state index contributed by atoms with van der Waals surface area (Å²) in [5.41, 5.74) is 5.59. The molecule has 0 radical (unpaired) electrons. The van der Waals surface area contributed by atoms with Crippen LogP contribution in [0.3, 0.4) is 0 Å². The molecule has 20 heavy (non-hydrogen) atoms. The highest BCUT2D eigenvalue weighted by molar-refractivity contribution is 9.10. The average molecular weight is 330 g/mol. The van der Waals surface area contributed by atoms with E-state index in [9.17, 15) is 0 Å². The van der Waals surface area contributed by atoms with Gasteiger partial charge in [0.2, 0.25) is 0 Å². The minimum absolute atomic E-state index is 0.756. The maximum atomic E-state index is 4.57. The van der Waals surface area contributed by atoms with E-state index in [0.29, 0.717) is 0 Å². The molecule has 3 aromatic rings. The fourth-order valence-corrected chi connectivity index (χ4v) is 2.64. The van der Waals surface area contributed by atoms with E-state index in [1.807, 2.05) is 18.2 Å². The SMILES string of the molecule is Cc1ccc(NCc2c(C)nc3ccccn23)cc1Br. The van der Waals surface area contributed by atoms with Gasteiger partial charge in [-0.25, -0.2) is 4.98 Å². The van der Waals surface area contributed by atoms with Crippen molar-refractivity contribution in [2.75, 3.05) is 5.32 Å². The fourth-order valence-electron chi connectivity index (χ4n) is 2.27. The van der Waals surface area contributed by atoms with Crippen LogP contribution in [0.5, 0.6) is 0 Å². The number of aryl methyl sites for hydroxylation is 2. The first kappa shape index (κ1) is 13.2. The number of benzene rings is 1. The predicted octanol–water partition coefficient (Wildman–Crippen LogP) is 4.33. The average Bonchev–Trinajstić information content (AvgIpc) is 2.76. The largest absolute Gasteiger partial charge is 0.379 e. The lowest BCUT2D eigenvalue weighted by Crippen LogP contribution is -2.04. The van der Waals surface area contributed by atoms with Gasteiger partial charge in [-0.15, -0.1) is 0 Å². The normalized spacial score (nSPS) is 10.9. The van der Waals surface area contributed by atoms with Crippen LogP contribution >= 0.6 is 15.9 Å². The van der Waals surface area contributed by atoms with Gasteiger partial charge in [0.15, 0.2) is 0 Å². The van der Waals surface area contributed by atoms with Crippen molar-refractivity contribution in [2.24, 2.45) is 0 Å². The smallest absolute Gasteiger partial charge is 0.137 e. The van der Waals surface area contributed by atoms with Crippen LogP contribution in [0.4, 0.5) is 5.69 Å². The molecule has 2 aromatic heterocycles. The van der Waals surface area contributed by atoms with E-state index in [1.165, 1.54) is 11.3 Å². The number of pyridine rings is 1. The first-order valence-corrected chi connectivity index (χ1v) is 7.37. The zero-order valence-corrected chi connectivity index (χ0v) is 13.1. The molecule has 0 fully saturated rings. The molecule has 0 amide bonds. The van der Waals surface area contributed by atoms with Crippen LogP contribution in [0, 0.1) is 13.8 Å². The van der Waals surface area contributed by atoms with Gasteiger partial charge in [0.05, 0.1) is 17.9 Å². The van der Waals surface area contributed by atoms with E-state index < -0.39 is 0 Å². The van der Waals surface area contributed by atoms with Crippen molar-refractivity contribution in [1.82, 2.24) is 9.38 Å². The molecule has 0 saturated carbocycles. The van der Waals surface area contributed by atoms with Gasteiger partial charge in [-0.2, -0.15) is 0 Å². The van der Waals surface area contributed by atoms with Crippen molar-refractivity contribution in [3.05, 3.63) is 64.0 Å². The van der Waals surface area contributed by atoms with Crippen LogP contribution in [0.15, 0.2) is 47.1 Å². The third-order valence-corrected chi connectivity index (χ3v) is 4.32. The van der Waals surface area contributed by atoms with E-state index in [4.69, 9.17) is 0 Å². The van der Waals surface area contributed by atoms with E-state index >= 15 is 0 Å². The second kappa shape index (κ2) is 5.29. The molecule has 0 spiro atoms. The van der Waals surface area contributed by atoms with E-state index in [2.05, 4.69) is 68.9 Å². The Kier molecular flexibility index (Phi) is 3.49. The van der Waals surface area contributed by atoms with Gasteiger partial charge in [-0.1, -0.05) is 28.1 Å². The lowest BCUT2D eigenvalue weighted by molar-refractivity contribution is 0.986. The number of hydrogen-bond acceptors (Lipinski definition) is 2. The van der Waals surface area contributed by atoms with Crippen LogP contribution < -0.4 is 5.32 Å². The highest BCUT2D eigenvalue weighted by Gasteiger charge is 2.07. The van der Waals surface area contributed by atoms with Gasteiger partial charge in [0.25, 0.3) is 0 Å². The number of imidazole rings is 1. The van der Waals surface area contributed by atoms with E-state index in [-0.39, 0.29) is 0 Å². The Morgan fingerprint density at radius 3 is 2.85 bits per heavy atom. The van der Waals surface area contributed by atoms with Crippen LogP contribution in [-0.2, 0) is 6.54 Å². The number of nitrogens with zero attached hydrogens (tertiary/aromatic N) is 2. The minimum atomic E-state index is 0.756. The van der Waals surface area contributed by atoms with Gasteiger partial charge >= 0.3 is 0 Å². The Bertz CT molecular complexity index is 762. The van der Waals surface area contributed by atoms with Crippen molar-refractivity contribution in [2.45, 2.75) is 20.4 Å². The van der Waals surface area contributed by atoms with Crippen molar-refractivity contribution in [3.63, 3.8) is 0 Å². The molecule has 0 saturated heterocycles. The molecule has 0 atom stereocenters. The van der Waals surface area contributed by atoms with Crippen LogP contribution in [-0.4, -0.2) is 9.38 Å². The number of hydrogen-bond donors (Lipinski definition) is 1. The number of anilines is 1. The molecule has 0 bridgehead atoms. The second-order valence-corrected chi connectivity index (χ2v) is 5.74. The van der Waals surface area contributed by atoms with Crippen molar-refractivity contribution in [1.29, 1.82) is 0 Å². The zero-order chi connectivity index (χ0) is 14.1. The van der Waals surface area contributed by atoms with Crippen molar-refractivity contribution < 1.29 is 0 Å².